The van der Waals surface area contributed by atoms with E-state index in [1.54, 1.807) is 12.2 Å². The molecule has 0 aliphatic heterocycles. The van der Waals surface area contributed by atoms with Gasteiger partial charge in [-0.1, -0.05) is 42.5 Å². The highest BCUT2D eigenvalue weighted by Crippen LogP contribution is 2.32. The molecule has 0 spiro atoms. The summed E-state index contributed by atoms with van der Waals surface area (Å²) in [6.45, 7) is 0. The van der Waals surface area contributed by atoms with E-state index >= 15 is 0 Å². The van der Waals surface area contributed by atoms with Crippen molar-refractivity contribution in [3.05, 3.63) is 75.0 Å². The number of alkyl halides is 1. The van der Waals surface area contributed by atoms with Gasteiger partial charge in [0, 0.05) is 13.5 Å². The SMILES string of the molecule is Cn1c(=O)[nH]c(N)c(NC(=O)CC2(F)C=CC(c3ccccc3)=CC2)c1=O. The number of nitrogens with zero attached hydrogens (tertiary/aromatic N) is 1. The van der Waals surface area contributed by atoms with Crippen molar-refractivity contribution in [1.82, 2.24) is 9.55 Å². The number of nitrogen functional groups attached to an aromatic ring is 1. The Kier molecular flexibility index (Phi) is 4.81. The van der Waals surface area contributed by atoms with Crippen LogP contribution in [-0.2, 0) is 11.8 Å². The fraction of sp³-hybridized carbons (Fsp3) is 0.211. The molecule has 0 fully saturated rings. The normalized spacial score (nSPS) is 18.8. The van der Waals surface area contributed by atoms with Gasteiger partial charge in [0.2, 0.25) is 5.91 Å². The number of rotatable bonds is 4. The number of halogens is 1. The third kappa shape index (κ3) is 3.89. The van der Waals surface area contributed by atoms with E-state index in [-0.39, 0.29) is 17.9 Å². The number of H-pyrrole nitrogens is 1. The van der Waals surface area contributed by atoms with Gasteiger partial charge in [0.15, 0.2) is 0 Å². The van der Waals surface area contributed by atoms with Crippen LogP contribution in [0.3, 0.4) is 0 Å². The number of nitrogens with two attached hydrogens (primary N) is 1. The second kappa shape index (κ2) is 7.06. The van der Waals surface area contributed by atoms with Crippen molar-refractivity contribution in [2.75, 3.05) is 11.1 Å². The van der Waals surface area contributed by atoms with Gasteiger partial charge in [-0.3, -0.25) is 19.1 Å². The van der Waals surface area contributed by atoms with Gasteiger partial charge in [-0.15, -0.1) is 0 Å². The highest BCUT2D eigenvalue weighted by molar-refractivity contribution is 5.94. The summed E-state index contributed by atoms with van der Waals surface area (Å²) >= 11 is 0. The number of aromatic amines is 1. The van der Waals surface area contributed by atoms with Gasteiger partial charge in [-0.25, -0.2) is 9.18 Å². The van der Waals surface area contributed by atoms with Crippen LogP contribution in [0.4, 0.5) is 15.9 Å². The number of nitrogens with one attached hydrogen (secondary N) is 2. The molecule has 0 bridgehead atoms. The van der Waals surface area contributed by atoms with Gasteiger partial charge < -0.3 is 11.1 Å². The van der Waals surface area contributed by atoms with Gasteiger partial charge in [0.05, 0.1) is 6.42 Å². The maximum absolute atomic E-state index is 15.0. The van der Waals surface area contributed by atoms with Crippen LogP contribution >= 0.6 is 0 Å². The number of allylic oxidation sites excluding steroid dienone is 4. The minimum atomic E-state index is -1.87. The molecule has 8 heteroatoms. The third-order valence-electron chi connectivity index (χ3n) is 4.38. The van der Waals surface area contributed by atoms with Gasteiger partial charge in [-0.2, -0.15) is 0 Å². The lowest BCUT2D eigenvalue weighted by Crippen LogP contribution is -2.37. The van der Waals surface area contributed by atoms with Crippen LogP contribution in [0.25, 0.3) is 5.57 Å². The van der Waals surface area contributed by atoms with E-state index in [1.165, 1.54) is 13.1 Å². The standard InChI is InChI=1S/C19H19FN4O3/c1-24-17(26)15(16(21)23-18(24)27)22-14(25)11-19(20)9-7-13(8-10-19)12-5-3-2-4-6-12/h2-9H,10-11,21H2,1H3,(H,22,25)(H,23,27). The van der Waals surface area contributed by atoms with Crippen LogP contribution < -0.4 is 22.3 Å². The zero-order valence-corrected chi connectivity index (χ0v) is 14.7. The van der Waals surface area contributed by atoms with E-state index < -0.39 is 29.2 Å². The summed E-state index contributed by atoms with van der Waals surface area (Å²) in [7, 11) is 1.24. The smallest absolute Gasteiger partial charge is 0.329 e. The lowest BCUT2D eigenvalue weighted by atomic mass is 9.88. The fourth-order valence-electron chi connectivity index (χ4n) is 2.84. The Bertz CT molecular complexity index is 1050. The van der Waals surface area contributed by atoms with Crippen molar-refractivity contribution in [3.8, 4) is 0 Å². The first-order chi connectivity index (χ1) is 12.8. The molecule has 1 aliphatic rings. The molecule has 27 heavy (non-hydrogen) atoms. The van der Waals surface area contributed by atoms with Gasteiger partial charge in [0.25, 0.3) is 5.56 Å². The van der Waals surface area contributed by atoms with E-state index in [0.29, 0.717) is 0 Å². The molecule has 140 valence electrons. The Morgan fingerprint density at radius 2 is 2.04 bits per heavy atom. The molecule has 0 saturated heterocycles. The highest BCUT2D eigenvalue weighted by Gasteiger charge is 2.31. The van der Waals surface area contributed by atoms with E-state index in [4.69, 9.17) is 5.73 Å². The quantitative estimate of drug-likeness (QED) is 0.761. The molecule has 1 unspecified atom stereocenters. The first kappa shape index (κ1) is 18.4. The third-order valence-corrected chi connectivity index (χ3v) is 4.38. The van der Waals surface area contributed by atoms with Crippen LogP contribution in [0.15, 0.2) is 58.1 Å². The van der Waals surface area contributed by atoms with Crippen molar-refractivity contribution >= 4 is 23.0 Å². The molecule has 1 aromatic carbocycles. The number of hydrogen-bond donors (Lipinski definition) is 3. The summed E-state index contributed by atoms with van der Waals surface area (Å²) in [6.07, 6.45) is 4.27. The first-order valence-electron chi connectivity index (χ1n) is 8.31. The molecule has 4 N–H and O–H groups in total. The second-order valence-electron chi connectivity index (χ2n) is 6.41. The van der Waals surface area contributed by atoms with Gasteiger partial charge in [0.1, 0.15) is 17.2 Å². The number of aromatic nitrogens is 2. The molecule has 3 rings (SSSR count). The molecule has 7 nitrogen and oxygen atoms in total. The van der Waals surface area contributed by atoms with E-state index in [0.717, 1.165) is 15.7 Å². The van der Waals surface area contributed by atoms with Crippen molar-refractivity contribution in [1.29, 1.82) is 0 Å². The number of benzene rings is 1. The summed E-state index contributed by atoms with van der Waals surface area (Å²) in [5.41, 5.74) is 3.82. The minimum Gasteiger partial charge on any atom is -0.383 e. The molecule has 1 amide bonds. The molecule has 0 saturated carbocycles. The van der Waals surface area contributed by atoms with Crippen LogP contribution in [0, 0.1) is 0 Å². The predicted molar refractivity (Wildman–Crippen MR) is 102 cm³/mol. The van der Waals surface area contributed by atoms with Gasteiger partial charge >= 0.3 is 5.69 Å². The molecular weight excluding hydrogens is 351 g/mol. The Morgan fingerprint density at radius 1 is 1.33 bits per heavy atom. The maximum atomic E-state index is 15.0. The van der Waals surface area contributed by atoms with Crippen molar-refractivity contribution in [2.24, 2.45) is 7.05 Å². The van der Waals surface area contributed by atoms with Crippen molar-refractivity contribution in [2.45, 2.75) is 18.5 Å². The molecule has 1 aromatic heterocycles. The second-order valence-corrected chi connectivity index (χ2v) is 6.41. The van der Waals surface area contributed by atoms with Crippen molar-refractivity contribution in [3.63, 3.8) is 0 Å². The van der Waals surface area contributed by atoms with E-state index in [1.807, 2.05) is 30.3 Å². The monoisotopic (exact) mass is 370 g/mol. The molecule has 2 aromatic rings. The summed E-state index contributed by atoms with van der Waals surface area (Å²) in [5.74, 6) is -0.982. The first-order valence-corrected chi connectivity index (χ1v) is 8.31. The Hall–Kier alpha value is -3.42. The average molecular weight is 370 g/mol. The molecule has 1 atom stereocenters. The maximum Gasteiger partial charge on any atom is 0.329 e. The molecule has 1 heterocycles. The lowest BCUT2D eigenvalue weighted by Gasteiger charge is -2.23. The molecule has 1 aliphatic carbocycles. The average Bonchev–Trinajstić information content (AvgIpc) is 2.64. The van der Waals surface area contributed by atoms with Gasteiger partial charge in [-0.05, 0) is 17.2 Å². The lowest BCUT2D eigenvalue weighted by molar-refractivity contribution is -0.118. The largest absolute Gasteiger partial charge is 0.383 e. The van der Waals surface area contributed by atoms with E-state index in [2.05, 4.69) is 10.3 Å². The molecular formula is C19H19FN4O3. The summed E-state index contributed by atoms with van der Waals surface area (Å²) in [4.78, 5) is 38.0. The van der Waals surface area contributed by atoms with E-state index in [9.17, 15) is 18.8 Å². The Balaban J connectivity index is 1.72. The number of anilines is 2. The number of carbonyl (C=O) groups is 1. The fourth-order valence-corrected chi connectivity index (χ4v) is 2.84. The highest BCUT2D eigenvalue weighted by atomic mass is 19.1. The summed E-state index contributed by atoms with van der Waals surface area (Å²) in [5, 5.41) is 2.30. The van der Waals surface area contributed by atoms with Crippen LogP contribution in [0.2, 0.25) is 0 Å². The van der Waals surface area contributed by atoms with Crippen LogP contribution in [-0.4, -0.2) is 21.1 Å². The zero-order chi connectivity index (χ0) is 19.6. The van der Waals surface area contributed by atoms with Crippen LogP contribution in [0.5, 0.6) is 0 Å². The number of carbonyl (C=O) groups excluding carboxylic acids is 1. The topological polar surface area (TPSA) is 110 Å². The Morgan fingerprint density at radius 3 is 2.67 bits per heavy atom. The van der Waals surface area contributed by atoms with Crippen LogP contribution in [0.1, 0.15) is 18.4 Å². The number of amides is 1. The zero-order valence-electron chi connectivity index (χ0n) is 14.7. The molecule has 0 radical (unpaired) electrons. The Labute approximate surface area is 154 Å². The van der Waals surface area contributed by atoms with Crippen molar-refractivity contribution < 1.29 is 9.18 Å². The minimum absolute atomic E-state index is 0.0280. The predicted octanol–water partition coefficient (Wildman–Crippen LogP) is 1.74. The summed E-state index contributed by atoms with van der Waals surface area (Å²) in [6, 6.07) is 9.52. The number of hydrogen-bond acceptors (Lipinski definition) is 4. The summed E-state index contributed by atoms with van der Waals surface area (Å²) < 4.78 is 15.8.